The number of carbonyl (C=O) groups excluding carboxylic acids is 2. The van der Waals surface area contributed by atoms with Gasteiger partial charge >= 0.3 is 6.03 Å². The lowest BCUT2D eigenvalue weighted by atomic mass is 9.84. The van der Waals surface area contributed by atoms with Crippen LogP contribution in [0.25, 0.3) is 0 Å². The highest BCUT2D eigenvalue weighted by Crippen LogP contribution is 2.33. The number of H-pyrrole nitrogens is 1. The van der Waals surface area contributed by atoms with Gasteiger partial charge in [0, 0.05) is 11.3 Å². The molecule has 5 rings (SSSR count). The Morgan fingerprint density at radius 3 is 2.30 bits per heavy atom. The average molecular weight is 538 g/mol. The van der Waals surface area contributed by atoms with E-state index in [1.807, 2.05) is 50.2 Å². The first-order chi connectivity index (χ1) is 19.5. The van der Waals surface area contributed by atoms with Gasteiger partial charge in [0.05, 0.1) is 12.6 Å². The van der Waals surface area contributed by atoms with E-state index in [-0.39, 0.29) is 23.9 Å². The van der Waals surface area contributed by atoms with E-state index < -0.39 is 0 Å². The van der Waals surface area contributed by atoms with E-state index in [0.29, 0.717) is 18.0 Å². The second kappa shape index (κ2) is 12.5. The third-order valence-electron chi connectivity index (χ3n) is 7.57. The second-order valence-corrected chi connectivity index (χ2v) is 10.5. The number of urea groups is 1. The molecule has 1 atom stereocenters. The number of hydrogen-bond acceptors (Lipinski definition) is 5. The summed E-state index contributed by atoms with van der Waals surface area (Å²) in [6.07, 6.45) is 6.33. The van der Waals surface area contributed by atoms with Crippen LogP contribution in [0.5, 0.6) is 0 Å². The predicted octanol–water partition coefficient (Wildman–Crippen LogP) is 6.29. The fourth-order valence-corrected chi connectivity index (χ4v) is 5.18. The zero-order valence-corrected chi connectivity index (χ0v) is 22.9. The summed E-state index contributed by atoms with van der Waals surface area (Å²) in [5.41, 5.74) is 5.74. The summed E-state index contributed by atoms with van der Waals surface area (Å²) in [5.74, 6) is 0.363. The van der Waals surface area contributed by atoms with Crippen molar-refractivity contribution >= 4 is 23.6 Å². The van der Waals surface area contributed by atoms with Crippen molar-refractivity contribution in [2.24, 2.45) is 0 Å². The minimum atomic E-state index is -0.340. The maximum Gasteiger partial charge on any atom is 0.322 e. The topological polar surface area (TPSA) is 116 Å². The van der Waals surface area contributed by atoms with Crippen molar-refractivity contribution in [2.45, 2.75) is 64.5 Å². The minimum Gasteiger partial charge on any atom is -0.331 e. The van der Waals surface area contributed by atoms with Crippen molar-refractivity contribution in [3.05, 3.63) is 101 Å². The highest BCUT2D eigenvalue weighted by atomic mass is 16.2. The number of aromatic amines is 1. The Bertz CT molecular complexity index is 1400. The van der Waals surface area contributed by atoms with Gasteiger partial charge in [0.15, 0.2) is 0 Å². The number of nitrogens with one attached hydrogen (secondary N) is 3. The molecule has 9 heteroatoms. The van der Waals surface area contributed by atoms with Gasteiger partial charge < -0.3 is 5.32 Å². The minimum absolute atomic E-state index is 0.108. The molecular formula is C31H35N7O2. The normalized spacial score (nSPS) is 14.3. The highest BCUT2D eigenvalue weighted by Gasteiger charge is 2.21. The molecule has 0 radical (unpaired) electrons. The first kappa shape index (κ1) is 27.1. The molecule has 4 aromatic rings. The molecule has 0 saturated heterocycles. The van der Waals surface area contributed by atoms with Crippen LogP contribution in [0, 0.1) is 6.92 Å². The quantitative estimate of drug-likeness (QED) is 0.244. The summed E-state index contributed by atoms with van der Waals surface area (Å²) in [6.45, 7) is 4.39. The van der Waals surface area contributed by atoms with Crippen LogP contribution in [0.2, 0.25) is 0 Å². The van der Waals surface area contributed by atoms with Crippen molar-refractivity contribution < 1.29 is 9.59 Å². The van der Waals surface area contributed by atoms with Crippen LogP contribution in [0.15, 0.2) is 72.8 Å². The first-order valence-electron chi connectivity index (χ1n) is 13.8. The maximum absolute atomic E-state index is 13.7. The Kier molecular flexibility index (Phi) is 8.49. The van der Waals surface area contributed by atoms with Crippen LogP contribution in [0.4, 0.5) is 16.4 Å². The van der Waals surface area contributed by atoms with Crippen LogP contribution < -0.4 is 15.5 Å². The summed E-state index contributed by atoms with van der Waals surface area (Å²) in [7, 11) is 0. The molecule has 3 N–H and O–H groups in total. The van der Waals surface area contributed by atoms with Gasteiger partial charge in [-0.25, -0.2) is 4.79 Å². The largest absolute Gasteiger partial charge is 0.331 e. The van der Waals surface area contributed by atoms with E-state index in [1.165, 1.54) is 43.2 Å². The summed E-state index contributed by atoms with van der Waals surface area (Å²) < 4.78 is 0. The Morgan fingerprint density at radius 2 is 1.65 bits per heavy atom. The average Bonchev–Trinajstić information content (AvgIpc) is 3.50. The second-order valence-electron chi connectivity index (χ2n) is 10.5. The number of carbonyl (C=O) groups is 2. The van der Waals surface area contributed by atoms with Crippen LogP contribution in [-0.4, -0.2) is 32.6 Å². The summed E-state index contributed by atoms with van der Waals surface area (Å²) in [5, 5.41) is 19.0. The van der Waals surface area contributed by atoms with Gasteiger partial charge in [-0.05, 0) is 78.8 Å². The van der Waals surface area contributed by atoms with Crippen LogP contribution in [0.1, 0.15) is 83.6 Å². The molecule has 3 amide bonds. The maximum atomic E-state index is 13.7. The third kappa shape index (κ3) is 6.72. The van der Waals surface area contributed by atoms with Crippen molar-refractivity contribution in [2.75, 3.05) is 10.2 Å². The number of amides is 3. The number of anilines is 2. The first-order valence-corrected chi connectivity index (χ1v) is 13.8. The van der Waals surface area contributed by atoms with E-state index in [9.17, 15) is 9.59 Å². The fourth-order valence-electron chi connectivity index (χ4n) is 5.18. The monoisotopic (exact) mass is 537 g/mol. The number of aromatic nitrogens is 4. The standard InChI is InChI=1S/C31H35N7O2/c1-21-8-12-24(13-9-21)22(2)32-31(40)38(28-18-16-26(17-19-28)25-6-4-3-5-7-25)20-23-10-14-27(15-11-23)29(39)33-30-34-36-37-35-30/h8-19,22,25H,3-7,20H2,1-2H3,(H,32,40)(H2,33,34,35,36,37,39). The summed E-state index contributed by atoms with van der Waals surface area (Å²) >= 11 is 0. The summed E-state index contributed by atoms with van der Waals surface area (Å²) in [6, 6.07) is 23.4. The molecule has 0 aliphatic heterocycles. The van der Waals surface area contributed by atoms with Crippen molar-refractivity contribution in [1.82, 2.24) is 25.9 Å². The van der Waals surface area contributed by atoms with Gasteiger partial charge in [0.25, 0.3) is 11.9 Å². The van der Waals surface area contributed by atoms with E-state index in [2.05, 4.69) is 55.5 Å². The SMILES string of the molecule is Cc1ccc(C(C)NC(=O)N(Cc2ccc(C(=O)Nc3nn[nH]n3)cc2)c2ccc(C3CCCCC3)cc2)cc1. The van der Waals surface area contributed by atoms with Crippen molar-refractivity contribution in [3.63, 3.8) is 0 Å². The molecule has 1 aliphatic carbocycles. The Balaban J connectivity index is 1.34. The molecule has 1 saturated carbocycles. The molecular weight excluding hydrogens is 502 g/mol. The van der Waals surface area contributed by atoms with E-state index >= 15 is 0 Å². The molecule has 0 bridgehead atoms. The number of benzene rings is 3. The lowest BCUT2D eigenvalue weighted by Gasteiger charge is -2.27. The molecule has 3 aromatic carbocycles. The Morgan fingerprint density at radius 1 is 0.950 bits per heavy atom. The summed E-state index contributed by atoms with van der Waals surface area (Å²) in [4.78, 5) is 27.9. The molecule has 40 heavy (non-hydrogen) atoms. The van der Waals surface area contributed by atoms with Crippen LogP contribution in [-0.2, 0) is 6.54 Å². The lowest BCUT2D eigenvalue weighted by molar-refractivity contribution is 0.102. The Labute approximate surface area is 234 Å². The van der Waals surface area contributed by atoms with Gasteiger partial charge in [0.2, 0.25) is 0 Å². The molecule has 9 nitrogen and oxygen atoms in total. The third-order valence-corrected chi connectivity index (χ3v) is 7.57. The van der Waals surface area contributed by atoms with E-state index in [0.717, 1.165) is 16.8 Å². The van der Waals surface area contributed by atoms with Crippen LogP contribution >= 0.6 is 0 Å². The van der Waals surface area contributed by atoms with Gasteiger partial charge in [0.1, 0.15) is 0 Å². The zero-order chi connectivity index (χ0) is 27.9. The molecule has 1 heterocycles. The zero-order valence-electron chi connectivity index (χ0n) is 22.9. The van der Waals surface area contributed by atoms with Gasteiger partial charge in [-0.1, -0.05) is 78.5 Å². The van der Waals surface area contributed by atoms with Crippen LogP contribution in [0.3, 0.4) is 0 Å². The lowest BCUT2D eigenvalue weighted by Crippen LogP contribution is -2.40. The molecule has 206 valence electrons. The molecule has 1 aromatic heterocycles. The number of aryl methyl sites for hydroxylation is 1. The number of rotatable bonds is 8. The van der Waals surface area contributed by atoms with Gasteiger partial charge in [-0.3, -0.25) is 15.0 Å². The molecule has 1 unspecified atom stereocenters. The van der Waals surface area contributed by atoms with Crippen molar-refractivity contribution in [1.29, 1.82) is 0 Å². The van der Waals surface area contributed by atoms with E-state index in [4.69, 9.17) is 0 Å². The fraction of sp³-hybridized carbons (Fsp3) is 0.323. The molecule has 1 aliphatic rings. The number of nitrogens with zero attached hydrogens (tertiary/aromatic N) is 4. The van der Waals surface area contributed by atoms with Gasteiger partial charge in [-0.2, -0.15) is 5.21 Å². The van der Waals surface area contributed by atoms with Crippen molar-refractivity contribution in [3.8, 4) is 0 Å². The molecule has 0 spiro atoms. The van der Waals surface area contributed by atoms with E-state index in [1.54, 1.807) is 17.0 Å². The number of tetrazole rings is 1. The smallest absolute Gasteiger partial charge is 0.322 e. The molecule has 1 fully saturated rings. The highest BCUT2D eigenvalue weighted by molar-refractivity contribution is 6.03. The van der Waals surface area contributed by atoms with Gasteiger partial charge in [-0.15, -0.1) is 5.10 Å². The Hall–Kier alpha value is -4.53. The predicted molar refractivity (Wildman–Crippen MR) is 155 cm³/mol. The number of hydrogen-bond donors (Lipinski definition) is 3.